The minimum Gasteiger partial charge on any atom is -0.399 e. The van der Waals surface area contributed by atoms with Crippen LogP contribution in [0.2, 0.25) is 0 Å². The van der Waals surface area contributed by atoms with Crippen LogP contribution in [0.1, 0.15) is 6.42 Å². The molecule has 0 spiro atoms. The zero-order chi connectivity index (χ0) is 3.41. The molecule has 0 aromatic heterocycles. The summed E-state index contributed by atoms with van der Waals surface area (Å²) in [5.74, 6) is 0. The van der Waals surface area contributed by atoms with Crippen LogP contribution in [0, 0.1) is 6.92 Å². The van der Waals surface area contributed by atoms with Gasteiger partial charge in [0.25, 0.3) is 0 Å². The zero-order valence-electron chi connectivity index (χ0n) is 2.92. The Kier molecular flexibility index (Phi) is 16.0. The van der Waals surface area contributed by atoms with E-state index in [-0.39, 0.29) is 23.7 Å². The molecular formula is C3H7FeO-. The summed E-state index contributed by atoms with van der Waals surface area (Å²) >= 11 is 0. The van der Waals surface area contributed by atoms with Gasteiger partial charge in [-0.15, -0.1) is 0 Å². The number of hydrogen-bond donors (Lipinski definition) is 1. The second kappa shape index (κ2) is 8.82. The Bertz CT molecular complexity index is 8.85. The van der Waals surface area contributed by atoms with Gasteiger partial charge in [-0.1, -0.05) is 0 Å². The molecule has 0 aromatic carbocycles. The van der Waals surface area contributed by atoms with Crippen LogP contribution in [0.15, 0.2) is 0 Å². The maximum Gasteiger partial charge on any atom is 0.0159 e. The minimum absolute atomic E-state index is 0. The fourth-order valence-corrected chi connectivity index (χ4v) is 0. The third-order valence-electron chi connectivity index (χ3n) is 0.158. The molecule has 0 unspecified atom stereocenters. The fourth-order valence-electron chi connectivity index (χ4n) is 0. The van der Waals surface area contributed by atoms with Gasteiger partial charge in [-0.2, -0.15) is 6.42 Å². The SMILES string of the molecule is [CH2-]CCO.[Fe]. The Morgan fingerprint density at radius 1 is 1.60 bits per heavy atom. The molecule has 0 rings (SSSR count). The van der Waals surface area contributed by atoms with Crippen LogP contribution in [0.5, 0.6) is 0 Å². The molecule has 0 fully saturated rings. The van der Waals surface area contributed by atoms with E-state index in [0.29, 0.717) is 6.42 Å². The molecule has 34 valence electrons. The summed E-state index contributed by atoms with van der Waals surface area (Å²) in [4.78, 5) is 0. The summed E-state index contributed by atoms with van der Waals surface area (Å²) in [6.07, 6.45) is 0.625. The molecule has 0 aliphatic heterocycles. The first-order valence-electron chi connectivity index (χ1n) is 1.32. The van der Waals surface area contributed by atoms with E-state index in [1.807, 2.05) is 0 Å². The predicted molar refractivity (Wildman–Crippen MR) is 17.1 cm³/mol. The first kappa shape index (κ1) is 9.08. The molecule has 1 nitrogen and oxygen atoms in total. The van der Waals surface area contributed by atoms with E-state index in [1.165, 1.54) is 0 Å². The third kappa shape index (κ3) is 12.6. The molecule has 0 bridgehead atoms. The Labute approximate surface area is 42.9 Å². The Hall–Kier alpha value is 0.479. The average Bonchev–Trinajstić information content (AvgIpc) is 1.37. The Morgan fingerprint density at radius 2 is 1.80 bits per heavy atom. The molecular weight excluding hydrogens is 108 g/mol. The molecule has 0 saturated carbocycles. The van der Waals surface area contributed by atoms with Gasteiger partial charge in [0.15, 0.2) is 0 Å². The molecule has 0 saturated heterocycles. The summed E-state index contributed by atoms with van der Waals surface area (Å²) in [7, 11) is 0. The summed E-state index contributed by atoms with van der Waals surface area (Å²) in [5.41, 5.74) is 0. The van der Waals surface area contributed by atoms with Gasteiger partial charge in [0.1, 0.15) is 0 Å². The van der Waals surface area contributed by atoms with Crippen molar-refractivity contribution < 1.29 is 22.2 Å². The van der Waals surface area contributed by atoms with Gasteiger partial charge in [0.2, 0.25) is 0 Å². The molecule has 0 radical (unpaired) electrons. The van der Waals surface area contributed by atoms with Crippen LogP contribution in [0.25, 0.3) is 0 Å². The number of aliphatic hydroxyl groups excluding tert-OH is 1. The summed E-state index contributed by atoms with van der Waals surface area (Å²) in [6, 6.07) is 0. The van der Waals surface area contributed by atoms with Gasteiger partial charge in [-0.25, -0.2) is 0 Å². The van der Waals surface area contributed by atoms with Gasteiger partial charge < -0.3 is 12.0 Å². The second-order valence-corrected chi connectivity index (χ2v) is 0.577. The van der Waals surface area contributed by atoms with Crippen LogP contribution in [0.4, 0.5) is 0 Å². The predicted octanol–water partition coefficient (Wildman–Crippen LogP) is 0.200. The quantitative estimate of drug-likeness (QED) is 0.382. The molecule has 0 atom stereocenters. The van der Waals surface area contributed by atoms with Crippen molar-refractivity contribution in [3.63, 3.8) is 0 Å². The molecule has 2 heteroatoms. The average molecular weight is 115 g/mol. The van der Waals surface area contributed by atoms with Crippen molar-refractivity contribution >= 4 is 0 Å². The van der Waals surface area contributed by atoms with Gasteiger partial charge in [0, 0.05) is 23.7 Å². The smallest absolute Gasteiger partial charge is 0.0159 e. The molecule has 5 heavy (non-hydrogen) atoms. The Morgan fingerprint density at radius 3 is 1.80 bits per heavy atom. The van der Waals surface area contributed by atoms with Gasteiger partial charge in [-0.3, -0.25) is 0 Å². The van der Waals surface area contributed by atoms with Crippen molar-refractivity contribution in [1.82, 2.24) is 0 Å². The van der Waals surface area contributed by atoms with Crippen LogP contribution >= 0.6 is 0 Å². The van der Waals surface area contributed by atoms with E-state index >= 15 is 0 Å². The summed E-state index contributed by atoms with van der Waals surface area (Å²) < 4.78 is 0. The minimum atomic E-state index is 0. The molecule has 0 aromatic rings. The van der Waals surface area contributed by atoms with Crippen molar-refractivity contribution in [3.8, 4) is 0 Å². The van der Waals surface area contributed by atoms with Crippen LogP contribution in [0.3, 0.4) is 0 Å². The zero-order valence-corrected chi connectivity index (χ0v) is 4.03. The summed E-state index contributed by atoms with van der Waals surface area (Å²) in [5, 5.41) is 7.81. The Balaban J connectivity index is 0. The van der Waals surface area contributed by atoms with E-state index in [9.17, 15) is 0 Å². The molecule has 0 amide bonds. The first-order chi connectivity index (χ1) is 1.91. The van der Waals surface area contributed by atoms with Crippen LogP contribution < -0.4 is 0 Å². The molecule has 1 N–H and O–H groups in total. The van der Waals surface area contributed by atoms with E-state index in [1.54, 1.807) is 0 Å². The van der Waals surface area contributed by atoms with E-state index in [2.05, 4.69) is 6.92 Å². The summed E-state index contributed by atoms with van der Waals surface area (Å²) in [6.45, 7) is 3.56. The standard InChI is InChI=1S/C3H7O.Fe/c1-2-3-4;/h4H,1-3H2;/q-1;. The second-order valence-electron chi connectivity index (χ2n) is 0.577. The van der Waals surface area contributed by atoms with E-state index in [0.717, 1.165) is 0 Å². The maximum atomic E-state index is 7.81. The number of aliphatic hydroxyl groups is 1. The maximum absolute atomic E-state index is 7.81. The fraction of sp³-hybridized carbons (Fsp3) is 0.667. The van der Waals surface area contributed by atoms with Gasteiger partial charge in [0.05, 0.1) is 0 Å². The molecule has 0 aliphatic rings. The van der Waals surface area contributed by atoms with E-state index in [4.69, 9.17) is 5.11 Å². The van der Waals surface area contributed by atoms with Crippen LogP contribution in [-0.2, 0) is 17.1 Å². The monoisotopic (exact) mass is 115 g/mol. The van der Waals surface area contributed by atoms with Gasteiger partial charge >= 0.3 is 0 Å². The van der Waals surface area contributed by atoms with Crippen molar-refractivity contribution in [2.24, 2.45) is 0 Å². The normalized spacial score (nSPS) is 6.00. The van der Waals surface area contributed by atoms with Crippen molar-refractivity contribution in [2.75, 3.05) is 6.61 Å². The third-order valence-corrected chi connectivity index (χ3v) is 0.158. The molecule has 0 heterocycles. The van der Waals surface area contributed by atoms with Crippen molar-refractivity contribution in [1.29, 1.82) is 0 Å². The van der Waals surface area contributed by atoms with Crippen molar-refractivity contribution in [3.05, 3.63) is 6.92 Å². The van der Waals surface area contributed by atoms with Crippen molar-refractivity contribution in [2.45, 2.75) is 6.42 Å². The largest absolute Gasteiger partial charge is 0.399 e. The van der Waals surface area contributed by atoms with E-state index < -0.39 is 0 Å². The first-order valence-corrected chi connectivity index (χ1v) is 1.32. The number of rotatable bonds is 1. The number of hydrogen-bond acceptors (Lipinski definition) is 1. The topological polar surface area (TPSA) is 20.2 Å². The molecule has 0 aliphatic carbocycles. The van der Waals surface area contributed by atoms with Gasteiger partial charge in [-0.05, 0) is 0 Å². The van der Waals surface area contributed by atoms with Crippen LogP contribution in [-0.4, -0.2) is 11.7 Å².